The standard InChI is InChI=1S/C19H17FN2O2/c1-12(14-8-9-17(24-2)16(20)11-14)22-19(23)15-7-3-5-13-6-4-10-21-18(13)15/h3-12H,1-2H3,(H,22,23)/t12-/m1/s1. The Kier molecular flexibility index (Phi) is 4.42. The third-order valence-corrected chi connectivity index (χ3v) is 3.90. The van der Waals surface area contributed by atoms with Crippen LogP contribution in [0.3, 0.4) is 0 Å². The molecule has 0 spiro atoms. The molecule has 0 bridgehead atoms. The topological polar surface area (TPSA) is 51.2 Å². The van der Waals surface area contributed by atoms with Gasteiger partial charge < -0.3 is 10.1 Å². The number of nitrogens with zero attached hydrogens (tertiary/aromatic N) is 1. The minimum Gasteiger partial charge on any atom is -0.494 e. The molecule has 0 saturated carbocycles. The van der Waals surface area contributed by atoms with Crippen molar-refractivity contribution in [3.63, 3.8) is 0 Å². The van der Waals surface area contributed by atoms with Gasteiger partial charge in [0.05, 0.1) is 24.2 Å². The Morgan fingerprint density at radius 2 is 2.00 bits per heavy atom. The van der Waals surface area contributed by atoms with E-state index in [1.54, 1.807) is 31.3 Å². The zero-order chi connectivity index (χ0) is 17.1. The second-order valence-corrected chi connectivity index (χ2v) is 5.47. The summed E-state index contributed by atoms with van der Waals surface area (Å²) in [7, 11) is 1.41. The van der Waals surface area contributed by atoms with E-state index < -0.39 is 5.82 Å². The van der Waals surface area contributed by atoms with Crippen LogP contribution in [0.5, 0.6) is 5.75 Å². The highest BCUT2D eigenvalue weighted by Gasteiger charge is 2.15. The molecule has 0 radical (unpaired) electrons. The summed E-state index contributed by atoms with van der Waals surface area (Å²) in [6.07, 6.45) is 1.65. The highest BCUT2D eigenvalue weighted by atomic mass is 19.1. The van der Waals surface area contributed by atoms with E-state index in [9.17, 15) is 9.18 Å². The van der Waals surface area contributed by atoms with Crippen molar-refractivity contribution in [2.24, 2.45) is 0 Å². The molecule has 0 aliphatic heterocycles. The first-order chi connectivity index (χ1) is 11.6. The molecule has 5 heteroatoms. The number of nitrogens with one attached hydrogen (secondary N) is 1. The highest BCUT2D eigenvalue weighted by molar-refractivity contribution is 6.05. The molecular weight excluding hydrogens is 307 g/mol. The van der Waals surface area contributed by atoms with Gasteiger partial charge in [-0.05, 0) is 36.8 Å². The number of halogens is 1. The number of hydrogen-bond donors (Lipinski definition) is 1. The van der Waals surface area contributed by atoms with Crippen LogP contribution in [-0.4, -0.2) is 18.0 Å². The quantitative estimate of drug-likeness (QED) is 0.792. The first-order valence-electron chi connectivity index (χ1n) is 7.58. The number of methoxy groups -OCH3 is 1. The van der Waals surface area contributed by atoms with Gasteiger partial charge in [0.15, 0.2) is 11.6 Å². The van der Waals surface area contributed by atoms with Crippen molar-refractivity contribution in [3.05, 3.63) is 71.7 Å². The van der Waals surface area contributed by atoms with Crippen LogP contribution in [-0.2, 0) is 0 Å². The summed E-state index contributed by atoms with van der Waals surface area (Å²) in [6.45, 7) is 1.80. The van der Waals surface area contributed by atoms with Gasteiger partial charge in [0.2, 0.25) is 0 Å². The minimum atomic E-state index is -0.456. The van der Waals surface area contributed by atoms with Crippen LogP contribution in [0.4, 0.5) is 4.39 Å². The van der Waals surface area contributed by atoms with E-state index in [1.165, 1.54) is 13.2 Å². The van der Waals surface area contributed by atoms with Crippen LogP contribution in [0.1, 0.15) is 28.9 Å². The molecule has 3 aromatic rings. The Morgan fingerprint density at radius 3 is 2.75 bits per heavy atom. The predicted octanol–water partition coefficient (Wildman–Crippen LogP) is 3.87. The normalized spacial score (nSPS) is 12.0. The number of pyridine rings is 1. The smallest absolute Gasteiger partial charge is 0.253 e. The van der Waals surface area contributed by atoms with Crippen molar-refractivity contribution in [1.82, 2.24) is 10.3 Å². The molecule has 1 atom stereocenters. The van der Waals surface area contributed by atoms with Crippen LogP contribution in [0.2, 0.25) is 0 Å². The zero-order valence-electron chi connectivity index (χ0n) is 13.4. The summed E-state index contributed by atoms with van der Waals surface area (Å²) >= 11 is 0. The highest BCUT2D eigenvalue weighted by Crippen LogP contribution is 2.22. The summed E-state index contributed by atoms with van der Waals surface area (Å²) < 4.78 is 18.7. The summed E-state index contributed by atoms with van der Waals surface area (Å²) in [6, 6.07) is 13.5. The number of hydrogen-bond acceptors (Lipinski definition) is 3. The lowest BCUT2D eigenvalue weighted by Crippen LogP contribution is -2.27. The SMILES string of the molecule is COc1ccc([C@@H](C)NC(=O)c2cccc3cccnc23)cc1F. The van der Waals surface area contributed by atoms with E-state index >= 15 is 0 Å². The average Bonchev–Trinajstić information content (AvgIpc) is 2.61. The first kappa shape index (κ1) is 15.9. The maximum Gasteiger partial charge on any atom is 0.253 e. The number of amides is 1. The van der Waals surface area contributed by atoms with Gasteiger partial charge in [-0.1, -0.05) is 24.3 Å². The van der Waals surface area contributed by atoms with Crippen LogP contribution < -0.4 is 10.1 Å². The lowest BCUT2D eigenvalue weighted by atomic mass is 10.1. The van der Waals surface area contributed by atoms with Gasteiger partial charge in [-0.25, -0.2) is 4.39 Å². The molecule has 0 fully saturated rings. The molecule has 1 heterocycles. The number of aromatic nitrogens is 1. The lowest BCUT2D eigenvalue weighted by Gasteiger charge is -2.16. The molecule has 1 aromatic heterocycles. The predicted molar refractivity (Wildman–Crippen MR) is 90.6 cm³/mol. The summed E-state index contributed by atoms with van der Waals surface area (Å²) in [5, 5.41) is 3.78. The van der Waals surface area contributed by atoms with E-state index in [4.69, 9.17) is 4.74 Å². The lowest BCUT2D eigenvalue weighted by molar-refractivity contribution is 0.0941. The van der Waals surface area contributed by atoms with Gasteiger partial charge in [0.25, 0.3) is 5.91 Å². The molecule has 0 aliphatic rings. The van der Waals surface area contributed by atoms with Gasteiger partial charge in [-0.15, -0.1) is 0 Å². The fraction of sp³-hybridized carbons (Fsp3) is 0.158. The Labute approximate surface area is 139 Å². The number of carbonyl (C=O) groups excluding carboxylic acids is 1. The van der Waals surface area contributed by atoms with Crippen molar-refractivity contribution in [3.8, 4) is 5.75 Å². The monoisotopic (exact) mass is 324 g/mol. The van der Waals surface area contributed by atoms with Crippen molar-refractivity contribution in [1.29, 1.82) is 0 Å². The van der Waals surface area contributed by atoms with Crippen molar-refractivity contribution >= 4 is 16.8 Å². The molecule has 0 unspecified atom stereocenters. The number of carbonyl (C=O) groups is 1. The molecule has 1 N–H and O–H groups in total. The first-order valence-corrected chi connectivity index (χ1v) is 7.58. The van der Waals surface area contributed by atoms with Crippen LogP contribution in [0.15, 0.2) is 54.7 Å². The number of para-hydroxylation sites is 1. The molecule has 24 heavy (non-hydrogen) atoms. The van der Waals surface area contributed by atoms with Gasteiger partial charge >= 0.3 is 0 Å². The second-order valence-electron chi connectivity index (χ2n) is 5.47. The van der Waals surface area contributed by atoms with Gasteiger partial charge in [-0.2, -0.15) is 0 Å². The average molecular weight is 324 g/mol. The van der Waals surface area contributed by atoms with Gasteiger partial charge in [0, 0.05) is 11.6 Å². The molecular formula is C19H17FN2O2. The maximum atomic E-state index is 13.8. The number of fused-ring (bicyclic) bond motifs is 1. The number of benzene rings is 2. The fourth-order valence-electron chi connectivity index (χ4n) is 2.60. The third-order valence-electron chi connectivity index (χ3n) is 3.90. The Hall–Kier alpha value is -2.95. The van der Waals surface area contributed by atoms with E-state index in [1.807, 2.05) is 24.3 Å². The Balaban J connectivity index is 1.84. The van der Waals surface area contributed by atoms with E-state index in [0.29, 0.717) is 16.6 Å². The number of rotatable bonds is 4. The van der Waals surface area contributed by atoms with E-state index in [-0.39, 0.29) is 17.7 Å². The van der Waals surface area contributed by atoms with E-state index in [2.05, 4.69) is 10.3 Å². The molecule has 1 amide bonds. The third kappa shape index (κ3) is 3.06. The minimum absolute atomic E-state index is 0.176. The number of ether oxygens (including phenoxy) is 1. The van der Waals surface area contributed by atoms with Crippen LogP contribution in [0, 0.1) is 5.82 Å². The van der Waals surface area contributed by atoms with E-state index in [0.717, 1.165) is 5.39 Å². The van der Waals surface area contributed by atoms with Gasteiger partial charge in [-0.3, -0.25) is 9.78 Å². The zero-order valence-corrected chi connectivity index (χ0v) is 13.4. The fourth-order valence-corrected chi connectivity index (χ4v) is 2.60. The van der Waals surface area contributed by atoms with Crippen LogP contribution in [0.25, 0.3) is 10.9 Å². The largest absolute Gasteiger partial charge is 0.494 e. The molecule has 122 valence electrons. The summed E-state index contributed by atoms with van der Waals surface area (Å²) in [5.74, 6) is -0.526. The Morgan fingerprint density at radius 1 is 1.21 bits per heavy atom. The molecule has 0 aliphatic carbocycles. The molecule has 2 aromatic carbocycles. The summed E-state index contributed by atoms with van der Waals surface area (Å²) in [5.41, 5.74) is 1.80. The maximum absolute atomic E-state index is 13.8. The molecule has 3 rings (SSSR count). The van der Waals surface area contributed by atoms with Crippen molar-refractivity contribution < 1.29 is 13.9 Å². The Bertz CT molecular complexity index is 890. The molecule has 4 nitrogen and oxygen atoms in total. The summed E-state index contributed by atoms with van der Waals surface area (Å²) in [4.78, 5) is 16.9. The van der Waals surface area contributed by atoms with Gasteiger partial charge in [0.1, 0.15) is 0 Å². The van der Waals surface area contributed by atoms with Crippen molar-refractivity contribution in [2.45, 2.75) is 13.0 Å². The molecule has 0 saturated heterocycles. The van der Waals surface area contributed by atoms with Crippen LogP contribution >= 0.6 is 0 Å². The van der Waals surface area contributed by atoms with Crippen molar-refractivity contribution in [2.75, 3.05) is 7.11 Å². The second kappa shape index (κ2) is 6.66.